The number of hydrogen-bond donors (Lipinski definition) is 1. The number of nitrogens with one attached hydrogen (secondary N) is 1. The van der Waals surface area contributed by atoms with E-state index in [9.17, 15) is 0 Å². The Hall–Kier alpha value is -2.16. The lowest BCUT2D eigenvalue weighted by Gasteiger charge is -2.20. The fourth-order valence-corrected chi connectivity index (χ4v) is 2.45. The number of aromatic nitrogens is 1. The molecule has 0 fully saturated rings. The summed E-state index contributed by atoms with van der Waals surface area (Å²) in [5.74, 6) is 0.569. The number of amidine groups is 1. The Labute approximate surface area is 107 Å². The topological polar surface area (TPSA) is 40.0 Å². The molecule has 1 aromatic carbocycles. The van der Waals surface area contributed by atoms with Crippen LogP contribution in [0, 0.1) is 19.3 Å². The molecule has 1 aliphatic heterocycles. The molecule has 1 aliphatic rings. The molecular formula is C15H15N3. The quantitative estimate of drug-likeness (QED) is 0.828. The number of nitrogens with zero attached hydrogens (tertiary/aromatic N) is 2. The van der Waals surface area contributed by atoms with E-state index in [-0.39, 0.29) is 0 Å². The SMILES string of the molecule is Cc1ccc(N2Cc3ccccc3C2=N)c(C)n1. The van der Waals surface area contributed by atoms with Crippen LogP contribution in [-0.4, -0.2) is 10.8 Å². The van der Waals surface area contributed by atoms with Crippen LogP contribution in [0.25, 0.3) is 0 Å². The molecule has 1 aromatic heterocycles. The first kappa shape index (κ1) is 11.0. The molecule has 3 heteroatoms. The van der Waals surface area contributed by atoms with E-state index in [1.165, 1.54) is 5.56 Å². The van der Waals surface area contributed by atoms with Crippen molar-refractivity contribution in [3.05, 3.63) is 58.9 Å². The van der Waals surface area contributed by atoms with Gasteiger partial charge < -0.3 is 4.90 Å². The Morgan fingerprint density at radius 3 is 2.61 bits per heavy atom. The van der Waals surface area contributed by atoms with Gasteiger partial charge in [-0.25, -0.2) is 0 Å². The average molecular weight is 237 g/mol. The summed E-state index contributed by atoms with van der Waals surface area (Å²) in [4.78, 5) is 6.50. The molecule has 18 heavy (non-hydrogen) atoms. The maximum atomic E-state index is 8.27. The van der Waals surface area contributed by atoms with Crippen molar-refractivity contribution in [2.24, 2.45) is 0 Å². The highest BCUT2D eigenvalue weighted by Gasteiger charge is 2.25. The van der Waals surface area contributed by atoms with Crippen LogP contribution in [0.5, 0.6) is 0 Å². The van der Waals surface area contributed by atoms with Crippen LogP contribution >= 0.6 is 0 Å². The molecule has 90 valence electrons. The van der Waals surface area contributed by atoms with Gasteiger partial charge in [-0.2, -0.15) is 0 Å². The largest absolute Gasteiger partial charge is 0.320 e. The number of pyridine rings is 1. The number of hydrogen-bond acceptors (Lipinski definition) is 2. The number of anilines is 1. The zero-order valence-corrected chi connectivity index (χ0v) is 10.6. The summed E-state index contributed by atoms with van der Waals surface area (Å²) in [7, 11) is 0. The van der Waals surface area contributed by atoms with Crippen LogP contribution in [0.4, 0.5) is 5.69 Å². The Kier molecular flexibility index (Phi) is 2.40. The normalized spacial score (nSPS) is 13.9. The highest BCUT2D eigenvalue weighted by molar-refractivity contribution is 6.11. The molecule has 0 bridgehead atoms. The lowest BCUT2D eigenvalue weighted by atomic mass is 10.1. The third kappa shape index (κ3) is 1.59. The van der Waals surface area contributed by atoms with Crippen molar-refractivity contribution in [1.29, 1.82) is 5.41 Å². The van der Waals surface area contributed by atoms with E-state index in [1.54, 1.807) is 0 Å². The third-order valence-corrected chi connectivity index (χ3v) is 3.36. The van der Waals surface area contributed by atoms with Gasteiger partial charge in [-0.3, -0.25) is 10.4 Å². The smallest absolute Gasteiger partial charge is 0.133 e. The number of fused-ring (bicyclic) bond motifs is 1. The van der Waals surface area contributed by atoms with Crippen LogP contribution in [0.2, 0.25) is 0 Å². The van der Waals surface area contributed by atoms with Gasteiger partial charge in [0.25, 0.3) is 0 Å². The van der Waals surface area contributed by atoms with Gasteiger partial charge in [-0.1, -0.05) is 24.3 Å². The first-order valence-electron chi connectivity index (χ1n) is 6.05. The lowest BCUT2D eigenvalue weighted by Crippen LogP contribution is -2.24. The summed E-state index contributed by atoms with van der Waals surface area (Å²) >= 11 is 0. The number of benzene rings is 1. The van der Waals surface area contributed by atoms with E-state index in [0.29, 0.717) is 5.84 Å². The molecule has 3 rings (SSSR count). The molecule has 0 unspecified atom stereocenters. The van der Waals surface area contributed by atoms with Crippen LogP contribution < -0.4 is 4.90 Å². The molecule has 0 saturated heterocycles. The Bertz CT molecular complexity index is 631. The third-order valence-electron chi connectivity index (χ3n) is 3.36. The minimum absolute atomic E-state index is 0.569. The first-order valence-corrected chi connectivity index (χ1v) is 6.05. The van der Waals surface area contributed by atoms with Gasteiger partial charge in [0.05, 0.1) is 17.9 Å². The standard InChI is InChI=1S/C15H15N3/c1-10-7-8-14(11(2)17-10)18-9-12-5-3-4-6-13(12)15(18)16/h3-8,16H,9H2,1-2H3. The molecule has 3 nitrogen and oxygen atoms in total. The maximum absolute atomic E-state index is 8.27. The molecule has 0 atom stereocenters. The minimum atomic E-state index is 0.569. The van der Waals surface area contributed by atoms with Gasteiger partial charge in [0, 0.05) is 11.3 Å². The van der Waals surface area contributed by atoms with Crippen molar-refractivity contribution in [3.8, 4) is 0 Å². The second-order valence-corrected chi connectivity index (χ2v) is 4.65. The van der Waals surface area contributed by atoms with E-state index in [1.807, 2.05) is 43.0 Å². The predicted molar refractivity (Wildman–Crippen MR) is 73.2 cm³/mol. The second-order valence-electron chi connectivity index (χ2n) is 4.65. The fraction of sp³-hybridized carbons (Fsp3) is 0.200. The van der Waals surface area contributed by atoms with Crippen molar-refractivity contribution >= 4 is 11.5 Å². The Balaban J connectivity index is 2.04. The lowest BCUT2D eigenvalue weighted by molar-refractivity contribution is 1.01. The van der Waals surface area contributed by atoms with E-state index in [0.717, 1.165) is 29.2 Å². The van der Waals surface area contributed by atoms with Gasteiger partial charge in [0.2, 0.25) is 0 Å². The molecule has 0 aliphatic carbocycles. The van der Waals surface area contributed by atoms with E-state index < -0.39 is 0 Å². The molecule has 2 heterocycles. The van der Waals surface area contributed by atoms with Gasteiger partial charge in [-0.05, 0) is 31.5 Å². The van der Waals surface area contributed by atoms with Crippen LogP contribution in [-0.2, 0) is 6.54 Å². The number of rotatable bonds is 1. The highest BCUT2D eigenvalue weighted by atomic mass is 15.2. The van der Waals surface area contributed by atoms with Gasteiger partial charge >= 0.3 is 0 Å². The van der Waals surface area contributed by atoms with Gasteiger partial charge in [0.15, 0.2) is 0 Å². The van der Waals surface area contributed by atoms with Crippen molar-refractivity contribution in [3.63, 3.8) is 0 Å². The van der Waals surface area contributed by atoms with E-state index >= 15 is 0 Å². The molecular weight excluding hydrogens is 222 g/mol. The molecule has 0 amide bonds. The molecule has 2 aromatic rings. The monoisotopic (exact) mass is 237 g/mol. The van der Waals surface area contributed by atoms with Crippen molar-refractivity contribution in [2.45, 2.75) is 20.4 Å². The predicted octanol–water partition coefficient (Wildman–Crippen LogP) is 3.04. The van der Waals surface area contributed by atoms with Crippen molar-refractivity contribution < 1.29 is 0 Å². The van der Waals surface area contributed by atoms with E-state index in [2.05, 4.69) is 17.1 Å². The molecule has 0 saturated carbocycles. The van der Waals surface area contributed by atoms with Crippen LogP contribution in [0.1, 0.15) is 22.5 Å². The van der Waals surface area contributed by atoms with Gasteiger partial charge in [0.1, 0.15) is 5.84 Å². The van der Waals surface area contributed by atoms with E-state index in [4.69, 9.17) is 5.41 Å². The summed E-state index contributed by atoms with van der Waals surface area (Å²) in [6.45, 7) is 4.75. The summed E-state index contributed by atoms with van der Waals surface area (Å²) in [6.07, 6.45) is 0. The summed E-state index contributed by atoms with van der Waals surface area (Å²) in [6, 6.07) is 12.2. The summed E-state index contributed by atoms with van der Waals surface area (Å²) in [5.41, 5.74) is 5.26. The highest BCUT2D eigenvalue weighted by Crippen LogP contribution is 2.29. The Morgan fingerprint density at radius 1 is 1.11 bits per heavy atom. The van der Waals surface area contributed by atoms with Crippen molar-refractivity contribution in [1.82, 2.24) is 4.98 Å². The van der Waals surface area contributed by atoms with Gasteiger partial charge in [-0.15, -0.1) is 0 Å². The summed E-state index contributed by atoms with van der Waals surface area (Å²) in [5, 5.41) is 8.27. The summed E-state index contributed by atoms with van der Waals surface area (Å²) < 4.78 is 0. The zero-order chi connectivity index (χ0) is 12.7. The average Bonchev–Trinajstić information content (AvgIpc) is 2.68. The zero-order valence-electron chi connectivity index (χ0n) is 10.6. The molecule has 0 spiro atoms. The second kappa shape index (κ2) is 3.95. The molecule has 1 N–H and O–H groups in total. The first-order chi connectivity index (χ1) is 8.66. The number of aryl methyl sites for hydroxylation is 2. The molecule has 0 radical (unpaired) electrons. The fourth-order valence-electron chi connectivity index (χ4n) is 2.45. The van der Waals surface area contributed by atoms with Crippen LogP contribution in [0.3, 0.4) is 0 Å². The minimum Gasteiger partial charge on any atom is -0.320 e. The van der Waals surface area contributed by atoms with Crippen LogP contribution in [0.15, 0.2) is 36.4 Å². The maximum Gasteiger partial charge on any atom is 0.133 e. The Morgan fingerprint density at radius 2 is 1.89 bits per heavy atom. The van der Waals surface area contributed by atoms with Crippen molar-refractivity contribution in [2.75, 3.05) is 4.90 Å².